The summed E-state index contributed by atoms with van der Waals surface area (Å²) < 4.78 is 0. The predicted octanol–water partition coefficient (Wildman–Crippen LogP) is 5.41. The first-order valence-electron chi connectivity index (χ1n) is 8.26. The second kappa shape index (κ2) is 8.72. The van der Waals surface area contributed by atoms with Crippen LogP contribution in [-0.2, 0) is 0 Å². The van der Waals surface area contributed by atoms with Gasteiger partial charge in [-0.2, -0.15) is 0 Å². The fourth-order valence-electron chi connectivity index (χ4n) is 2.47. The van der Waals surface area contributed by atoms with Crippen molar-refractivity contribution in [2.45, 2.75) is 0 Å². The molecule has 0 radical (unpaired) electrons. The van der Waals surface area contributed by atoms with Gasteiger partial charge in [-0.25, -0.2) is 0 Å². The molecule has 7 nitrogen and oxygen atoms in total. The third-order valence-electron chi connectivity index (χ3n) is 3.89. The average Bonchev–Trinajstić information content (AvgIpc) is 2.69. The van der Waals surface area contributed by atoms with Gasteiger partial charge in [0.15, 0.2) is 0 Å². The Morgan fingerprint density at radius 3 is 1.86 bits per heavy atom. The van der Waals surface area contributed by atoms with Crippen molar-refractivity contribution in [1.82, 2.24) is 0 Å². The fourth-order valence-corrected chi connectivity index (χ4v) is 2.84. The van der Waals surface area contributed by atoms with Crippen molar-refractivity contribution in [1.29, 1.82) is 0 Å². The Kier molecular flexibility index (Phi) is 6.11. The van der Waals surface area contributed by atoms with E-state index in [1.165, 1.54) is 12.1 Å². The second-order valence-electron chi connectivity index (χ2n) is 5.92. The lowest BCUT2D eigenvalue weighted by molar-refractivity contribution is -0.384. The normalized spacial score (nSPS) is 10.3. The van der Waals surface area contributed by atoms with Gasteiger partial charge >= 0.3 is 0 Å². The van der Waals surface area contributed by atoms with Crippen LogP contribution in [0.15, 0.2) is 66.7 Å². The van der Waals surface area contributed by atoms with Crippen LogP contribution in [0.1, 0.15) is 20.7 Å². The lowest BCUT2D eigenvalue weighted by Gasteiger charge is -2.08. The van der Waals surface area contributed by atoms with Gasteiger partial charge in [0.25, 0.3) is 17.5 Å². The molecule has 29 heavy (non-hydrogen) atoms. The van der Waals surface area contributed by atoms with Crippen molar-refractivity contribution in [2.24, 2.45) is 0 Å². The smallest absolute Gasteiger partial charge is 0.288 e. The molecule has 3 aromatic carbocycles. The van der Waals surface area contributed by atoms with Crippen LogP contribution < -0.4 is 10.6 Å². The molecule has 3 rings (SSSR count). The van der Waals surface area contributed by atoms with E-state index in [4.69, 9.17) is 23.2 Å². The van der Waals surface area contributed by atoms with Crippen molar-refractivity contribution in [3.63, 3.8) is 0 Å². The Labute approximate surface area is 175 Å². The van der Waals surface area contributed by atoms with Crippen LogP contribution in [0.4, 0.5) is 17.1 Å². The number of anilines is 2. The molecule has 0 saturated heterocycles. The molecule has 0 aromatic heterocycles. The Morgan fingerprint density at radius 1 is 0.793 bits per heavy atom. The number of nitro benzene ring substituents is 1. The van der Waals surface area contributed by atoms with E-state index in [1.807, 2.05) is 0 Å². The molecule has 2 N–H and O–H groups in total. The monoisotopic (exact) mass is 429 g/mol. The van der Waals surface area contributed by atoms with Crippen LogP contribution in [0.2, 0.25) is 10.0 Å². The van der Waals surface area contributed by atoms with Crippen molar-refractivity contribution in [3.05, 3.63) is 98.0 Å². The van der Waals surface area contributed by atoms with E-state index in [9.17, 15) is 19.7 Å². The molecule has 0 bridgehead atoms. The molecule has 0 atom stereocenters. The highest BCUT2D eigenvalue weighted by Crippen LogP contribution is 2.25. The van der Waals surface area contributed by atoms with Gasteiger partial charge in [-0.1, -0.05) is 29.3 Å². The maximum atomic E-state index is 12.3. The van der Waals surface area contributed by atoms with E-state index >= 15 is 0 Å². The van der Waals surface area contributed by atoms with Crippen molar-refractivity contribution < 1.29 is 14.5 Å². The molecular formula is C20H13Cl2N3O4. The molecular weight excluding hydrogens is 417 g/mol. The lowest BCUT2D eigenvalue weighted by Crippen LogP contribution is -2.13. The average molecular weight is 430 g/mol. The van der Waals surface area contributed by atoms with Gasteiger partial charge in [0, 0.05) is 33.6 Å². The number of amides is 2. The number of nitro groups is 1. The summed E-state index contributed by atoms with van der Waals surface area (Å²) in [6.07, 6.45) is 0. The first kappa shape index (κ1) is 20.3. The minimum Gasteiger partial charge on any atom is -0.322 e. The highest BCUT2D eigenvalue weighted by Gasteiger charge is 2.16. The maximum Gasteiger partial charge on any atom is 0.288 e. The van der Waals surface area contributed by atoms with Crippen LogP contribution >= 0.6 is 23.2 Å². The topological polar surface area (TPSA) is 101 Å². The molecule has 3 aromatic rings. The molecule has 0 fully saturated rings. The summed E-state index contributed by atoms with van der Waals surface area (Å²) in [5.74, 6) is -0.849. The molecule has 0 unspecified atom stereocenters. The van der Waals surface area contributed by atoms with Gasteiger partial charge in [0.1, 0.15) is 5.02 Å². The van der Waals surface area contributed by atoms with E-state index in [0.717, 1.165) is 6.07 Å². The zero-order valence-electron chi connectivity index (χ0n) is 14.7. The van der Waals surface area contributed by atoms with E-state index in [2.05, 4.69) is 10.6 Å². The van der Waals surface area contributed by atoms with Gasteiger partial charge < -0.3 is 10.6 Å². The van der Waals surface area contributed by atoms with Crippen molar-refractivity contribution in [2.75, 3.05) is 10.6 Å². The summed E-state index contributed by atoms with van der Waals surface area (Å²) in [6, 6.07) is 16.8. The number of rotatable bonds is 5. The summed E-state index contributed by atoms with van der Waals surface area (Å²) in [5, 5.41) is 16.7. The van der Waals surface area contributed by atoms with E-state index in [0.29, 0.717) is 22.0 Å². The Balaban J connectivity index is 1.67. The maximum absolute atomic E-state index is 12.3. The second-order valence-corrected chi connectivity index (χ2v) is 6.76. The summed E-state index contributed by atoms with van der Waals surface area (Å²) in [7, 11) is 0. The SMILES string of the molecule is O=C(Nc1ccc(NC(=O)c2ccc(Cl)c([N+](=O)[O-])c2)cc1)c1cccc(Cl)c1. The standard InChI is InChI=1S/C20H13Cl2N3O4/c21-14-3-1-2-12(10-14)19(26)23-15-5-7-16(8-6-15)24-20(27)13-4-9-17(22)18(11-13)25(28)29/h1-11H,(H,23,26)(H,24,27). The molecule has 146 valence electrons. The molecule has 0 aliphatic carbocycles. The van der Waals surface area contributed by atoms with E-state index in [1.54, 1.807) is 48.5 Å². The quantitative estimate of drug-likeness (QED) is 0.418. The first-order valence-corrected chi connectivity index (χ1v) is 9.01. The Morgan fingerprint density at radius 2 is 1.34 bits per heavy atom. The third kappa shape index (κ3) is 5.10. The number of hydrogen-bond donors (Lipinski definition) is 2. The van der Waals surface area contributed by atoms with Crippen LogP contribution in [0.5, 0.6) is 0 Å². The molecule has 0 saturated carbocycles. The number of carbonyl (C=O) groups excluding carboxylic acids is 2. The first-order chi connectivity index (χ1) is 13.8. The summed E-state index contributed by atoms with van der Waals surface area (Å²) in [6.45, 7) is 0. The van der Waals surface area contributed by atoms with Crippen molar-refractivity contribution in [3.8, 4) is 0 Å². The van der Waals surface area contributed by atoms with Crippen LogP contribution in [-0.4, -0.2) is 16.7 Å². The van der Waals surface area contributed by atoms with Crippen LogP contribution in [0, 0.1) is 10.1 Å². The fraction of sp³-hybridized carbons (Fsp3) is 0. The zero-order valence-corrected chi connectivity index (χ0v) is 16.2. The molecule has 0 spiro atoms. The number of benzene rings is 3. The summed E-state index contributed by atoms with van der Waals surface area (Å²) >= 11 is 11.6. The lowest BCUT2D eigenvalue weighted by atomic mass is 10.1. The van der Waals surface area contributed by atoms with Gasteiger partial charge in [0.05, 0.1) is 4.92 Å². The Bertz CT molecular complexity index is 1100. The largest absolute Gasteiger partial charge is 0.322 e. The number of hydrogen-bond acceptors (Lipinski definition) is 4. The molecule has 2 amide bonds. The van der Waals surface area contributed by atoms with E-state index in [-0.39, 0.29) is 22.2 Å². The zero-order chi connectivity index (χ0) is 21.0. The third-order valence-corrected chi connectivity index (χ3v) is 4.45. The molecule has 9 heteroatoms. The van der Waals surface area contributed by atoms with Crippen molar-refractivity contribution >= 4 is 52.1 Å². The number of nitrogens with zero attached hydrogens (tertiary/aromatic N) is 1. The van der Waals surface area contributed by atoms with Gasteiger partial charge in [0.2, 0.25) is 0 Å². The summed E-state index contributed by atoms with van der Waals surface area (Å²) in [5.41, 5.74) is 1.14. The highest BCUT2D eigenvalue weighted by molar-refractivity contribution is 6.32. The number of halogens is 2. The van der Waals surface area contributed by atoms with Gasteiger partial charge in [-0.3, -0.25) is 19.7 Å². The van der Waals surface area contributed by atoms with Crippen LogP contribution in [0.3, 0.4) is 0 Å². The molecule has 0 heterocycles. The molecule has 0 aliphatic heterocycles. The van der Waals surface area contributed by atoms with E-state index < -0.39 is 10.8 Å². The number of nitrogens with one attached hydrogen (secondary N) is 2. The minimum atomic E-state index is -0.656. The Hall–Kier alpha value is -3.42. The molecule has 0 aliphatic rings. The van der Waals surface area contributed by atoms with Gasteiger partial charge in [-0.15, -0.1) is 0 Å². The minimum absolute atomic E-state index is 0.0497. The van der Waals surface area contributed by atoms with Crippen LogP contribution in [0.25, 0.3) is 0 Å². The number of carbonyl (C=O) groups is 2. The predicted molar refractivity (Wildman–Crippen MR) is 112 cm³/mol. The highest BCUT2D eigenvalue weighted by atomic mass is 35.5. The summed E-state index contributed by atoms with van der Waals surface area (Å²) in [4.78, 5) is 34.8. The van der Waals surface area contributed by atoms with Gasteiger partial charge in [-0.05, 0) is 54.6 Å².